The molecule has 0 bridgehead atoms. The molecule has 0 saturated carbocycles. The van der Waals surface area contributed by atoms with Gasteiger partial charge in [0.1, 0.15) is 6.04 Å². The number of nitrogens with one attached hydrogen (secondary N) is 1. The third-order valence-corrected chi connectivity index (χ3v) is 1.80. The lowest BCUT2D eigenvalue weighted by molar-refractivity contribution is -0.138. The Morgan fingerprint density at radius 3 is 2.62 bits per heavy atom. The van der Waals surface area contributed by atoms with E-state index in [0.717, 1.165) is 0 Å². The molecule has 0 unspecified atom stereocenters. The van der Waals surface area contributed by atoms with Gasteiger partial charge in [-0.25, -0.2) is 0 Å². The number of hydrogen-bond acceptors (Lipinski definition) is 5. The minimum absolute atomic E-state index is 0.0542. The molecule has 5 N–H and O–H groups in total. The van der Waals surface area contributed by atoms with E-state index in [1.54, 1.807) is 0 Å². The SMILES string of the molecule is N[C@@H](CCC(=O)NCCOCCO)C(=O)O. The summed E-state index contributed by atoms with van der Waals surface area (Å²) in [5.74, 6) is -1.37. The van der Waals surface area contributed by atoms with Crippen LogP contribution in [0.15, 0.2) is 0 Å². The number of ether oxygens (including phenoxy) is 1. The van der Waals surface area contributed by atoms with Crippen molar-refractivity contribution in [2.75, 3.05) is 26.4 Å². The van der Waals surface area contributed by atoms with Gasteiger partial charge in [-0.05, 0) is 6.42 Å². The molecule has 1 amide bonds. The van der Waals surface area contributed by atoms with E-state index in [1.807, 2.05) is 0 Å². The Morgan fingerprint density at radius 2 is 2.06 bits per heavy atom. The molecule has 0 aliphatic heterocycles. The number of aliphatic hydroxyl groups excluding tert-OH is 1. The third kappa shape index (κ3) is 8.16. The lowest BCUT2D eigenvalue weighted by Crippen LogP contribution is -2.33. The Balaban J connectivity index is 3.41. The van der Waals surface area contributed by atoms with Crippen LogP contribution in [0.4, 0.5) is 0 Å². The van der Waals surface area contributed by atoms with Gasteiger partial charge < -0.3 is 26.0 Å². The molecule has 7 nitrogen and oxygen atoms in total. The summed E-state index contributed by atoms with van der Waals surface area (Å²) in [6.07, 6.45) is 0.187. The second-order valence-electron chi connectivity index (χ2n) is 3.17. The summed E-state index contributed by atoms with van der Waals surface area (Å²) >= 11 is 0. The predicted octanol–water partition coefficient (Wildman–Crippen LogP) is -1.70. The van der Waals surface area contributed by atoms with Crippen molar-refractivity contribution in [2.24, 2.45) is 5.73 Å². The van der Waals surface area contributed by atoms with Gasteiger partial charge in [0.2, 0.25) is 5.91 Å². The van der Waals surface area contributed by atoms with E-state index in [-0.39, 0.29) is 32.0 Å². The van der Waals surface area contributed by atoms with Crippen molar-refractivity contribution in [3.63, 3.8) is 0 Å². The molecule has 0 heterocycles. The van der Waals surface area contributed by atoms with Crippen LogP contribution >= 0.6 is 0 Å². The molecule has 0 aromatic carbocycles. The Morgan fingerprint density at radius 1 is 1.38 bits per heavy atom. The summed E-state index contributed by atoms with van der Waals surface area (Å²) in [5, 5.41) is 19.4. The maximum atomic E-state index is 11.1. The van der Waals surface area contributed by atoms with Crippen molar-refractivity contribution < 1.29 is 24.5 Å². The average Bonchev–Trinajstić information content (AvgIpc) is 2.25. The van der Waals surface area contributed by atoms with Crippen LogP contribution in [0.2, 0.25) is 0 Å². The summed E-state index contributed by atoms with van der Waals surface area (Å²) in [7, 11) is 0. The summed E-state index contributed by atoms with van der Waals surface area (Å²) in [5.41, 5.74) is 5.23. The molecule has 0 aromatic heterocycles. The summed E-state index contributed by atoms with van der Waals surface area (Å²) in [4.78, 5) is 21.5. The molecule has 0 aromatic rings. The normalized spacial score (nSPS) is 12.1. The molecule has 1 atom stereocenters. The van der Waals surface area contributed by atoms with E-state index in [9.17, 15) is 9.59 Å². The van der Waals surface area contributed by atoms with Crippen LogP contribution in [0, 0.1) is 0 Å². The fourth-order valence-electron chi connectivity index (χ4n) is 0.928. The van der Waals surface area contributed by atoms with Gasteiger partial charge in [0.05, 0.1) is 19.8 Å². The lowest BCUT2D eigenvalue weighted by atomic mass is 10.1. The van der Waals surface area contributed by atoms with Gasteiger partial charge in [-0.3, -0.25) is 9.59 Å². The fraction of sp³-hybridized carbons (Fsp3) is 0.778. The van der Waals surface area contributed by atoms with Crippen molar-refractivity contribution in [1.29, 1.82) is 0 Å². The Hall–Kier alpha value is -1.18. The predicted molar refractivity (Wildman–Crippen MR) is 55.8 cm³/mol. The highest BCUT2D eigenvalue weighted by Gasteiger charge is 2.12. The third-order valence-electron chi connectivity index (χ3n) is 1.80. The van der Waals surface area contributed by atoms with Crippen molar-refractivity contribution in [3.05, 3.63) is 0 Å². The van der Waals surface area contributed by atoms with E-state index in [0.29, 0.717) is 13.2 Å². The highest BCUT2D eigenvalue weighted by molar-refractivity contribution is 5.78. The quantitative estimate of drug-likeness (QED) is 0.353. The molecule has 0 rings (SSSR count). The molecule has 0 aliphatic carbocycles. The monoisotopic (exact) mass is 234 g/mol. The van der Waals surface area contributed by atoms with Gasteiger partial charge in [0.15, 0.2) is 0 Å². The van der Waals surface area contributed by atoms with Gasteiger partial charge in [0, 0.05) is 13.0 Å². The topological polar surface area (TPSA) is 122 Å². The number of aliphatic carboxylic acids is 1. The van der Waals surface area contributed by atoms with Crippen molar-refractivity contribution in [1.82, 2.24) is 5.32 Å². The number of carbonyl (C=O) groups excluding carboxylic acids is 1. The lowest BCUT2D eigenvalue weighted by Gasteiger charge is -2.07. The molecular formula is C9H18N2O5. The van der Waals surface area contributed by atoms with Gasteiger partial charge in [0.25, 0.3) is 0 Å². The first kappa shape index (κ1) is 14.8. The number of carbonyl (C=O) groups is 2. The van der Waals surface area contributed by atoms with E-state index >= 15 is 0 Å². The minimum Gasteiger partial charge on any atom is -0.480 e. The van der Waals surface area contributed by atoms with E-state index in [2.05, 4.69) is 5.32 Å². The molecular weight excluding hydrogens is 216 g/mol. The number of rotatable bonds is 9. The highest BCUT2D eigenvalue weighted by Crippen LogP contribution is 1.94. The maximum Gasteiger partial charge on any atom is 0.320 e. The summed E-state index contributed by atoms with van der Waals surface area (Å²) in [6, 6.07) is -1.00. The van der Waals surface area contributed by atoms with Crippen molar-refractivity contribution in [2.45, 2.75) is 18.9 Å². The largest absolute Gasteiger partial charge is 0.480 e. The van der Waals surface area contributed by atoms with Crippen molar-refractivity contribution in [3.8, 4) is 0 Å². The van der Waals surface area contributed by atoms with Crippen LogP contribution in [-0.2, 0) is 14.3 Å². The Labute approximate surface area is 93.6 Å². The molecule has 0 spiro atoms. The van der Waals surface area contributed by atoms with E-state index in [1.165, 1.54) is 0 Å². The van der Waals surface area contributed by atoms with E-state index < -0.39 is 12.0 Å². The van der Waals surface area contributed by atoms with Gasteiger partial charge in [-0.15, -0.1) is 0 Å². The molecule has 0 radical (unpaired) electrons. The zero-order chi connectivity index (χ0) is 12.4. The standard InChI is InChI=1S/C9H18N2O5/c10-7(9(14)15)1-2-8(13)11-3-5-16-6-4-12/h7,12H,1-6,10H2,(H,11,13)(H,14,15)/t7-/m0/s1. The van der Waals surface area contributed by atoms with Crippen LogP contribution < -0.4 is 11.1 Å². The first-order valence-corrected chi connectivity index (χ1v) is 5.01. The van der Waals surface area contributed by atoms with Gasteiger partial charge >= 0.3 is 5.97 Å². The zero-order valence-corrected chi connectivity index (χ0v) is 9.02. The van der Waals surface area contributed by atoms with Crippen LogP contribution in [0.3, 0.4) is 0 Å². The zero-order valence-electron chi connectivity index (χ0n) is 9.02. The number of carboxylic acid groups (broad SMARTS) is 1. The summed E-state index contributed by atoms with van der Waals surface area (Å²) < 4.78 is 4.91. The Bertz CT molecular complexity index is 222. The van der Waals surface area contributed by atoms with Crippen LogP contribution in [-0.4, -0.2) is 54.5 Å². The smallest absolute Gasteiger partial charge is 0.320 e. The van der Waals surface area contributed by atoms with Gasteiger partial charge in [-0.2, -0.15) is 0 Å². The number of hydrogen-bond donors (Lipinski definition) is 4. The number of amides is 1. The molecule has 94 valence electrons. The molecule has 16 heavy (non-hydrogen) atoms. The fourth-order valence-corrected chi connectivity index (χ4v) is 0.928. The second kappa shape index (κ2) is 9.08. The average molecular weight is 234 g/mol. The number of aliphatic hydroxyl groups is 1. The first-order chi connectivity index (χ1) is 7.57. The van der Waals surface area contributed by atoms with Crippen LogP contribution in [0.25, 0.3) is 0 Å². The van der Waals surface area contributed by atoms with Crippen LogP contribution in [0.5, 0.6) is 0 Å². The summed E-state index contributed by atoms with van der Waals surface area (Å²) in [6.45, 7) is 0.833. The molecule has 7 heteroatoms. The first-order valence-electron chi connectivity index (χ1n) is 5.01. The van der Waals surface area contributed by atoms with Crippen molar-refractivity contribution >= 4 is 11.9 Å². The highest BCUT2D eigenvalue weighted by atomic mass is 16.5. The number of nitrogens with two attached hydrogens (primary N) is 1. The Kier molecular flexibility index (Phi) is 8.41. The van der Waals surface area contributed by atoms with Crippen LogP contribution in [0.1, 0.15) is 12.8 Å². The second-order valence-corrected chi connectivity index (χ2v) is 3.17. The molecule has 0 fully saturated rings. The maximum absolute atomic E-state index is 11.1. The van der Waals surface area contributed by atoms with E-state index in [4.69, 9.17) is 20.7 Å². The molecule has 0 aliphatic rings. The molecule has 0 saturated heterocycles. The number of carboxylic acids is 1. The minimum atomic E-state index is -1.11. The van der Waals surface area contributed by atoms with Gasteiger partial charge in [-0.1, -0.05) is 0 Å².